The molecule has 7 nitrogen and oxygen atoms in total. The molecule has 1 aromatic rings. The number of carbonyl (C=O) groups is 1. The van der Waals surface area contributed by atoms with Crippen molar-refractivity contribution in [3.05, 3.63) is 24.2 Å². The van der Waals surface area contributed by atoms with Gasteiger partial charge in [0.25, 0.3) is 0 Å². The van der Waals surface area contributed by atoms with Crippen molar-refractivity contribution in [2.24, 2.45) is 4.99 Å². The molecular formula is C15H24N4O3. The Labute approximate surface area is 130 Å². The number of furan rings is 1. The van der Waals surface area contributed by atoms with Crippen LogP contribution >= 0.6 is 0 Å². The smallest absolute Gasteiger partial charge is 0.239 e. The van der Waals surface area contributed by atoms with Crippen molar-refractivity contribution in [1.82, 2.24) is 16.0 Å². The van der Waals surface area contributed by atoms with E-state index in [2.05, 4.69) is 27.9 Å². The summed E-state index contributed by atoms with van der Waals surface area (Å²) in [5.74, 6) is 1.19. The van der Waals surface area contributed by atoms with E-state index in [9.17, 15) is 4.79 Å². The lowest BCUT2D eigenvalue weighted by atomic mass is 10.0. The minimum atomic E-state index is -0.154. The Hall–Kier alpha value is -2.02. The fraction of sp³-hybridized carbons (Fsp3) is 0.600. The predicted molar refractivity (Wildman–Crippen MR) is 83.5 cm³/mol. The van der Waals surface area contributed by atoms with Crippen molar-refractivity contribution in [2.45, 2.75) is 31.9 Å². The third-order valence-corrected chi connectivity index (χ3v) is 3.61. The Kier molecular flexibility index (Phi) is 5.83. The minimum absolute atomic E-state index is 0.123. The topological polar surface area (TPSA) is 87.9 Å². The molecule has 1 saturated heterocycles. The molecule has 122 valence electrons. The number of guanidine groups is 1. The summed E-state index contributed by atoms with van der Waals surface area (Å²) in [4.78, 5) is 15.9. The molecule has 1 fully saturated rings. The van der Waals surface area contributed by atoms with Crippen LogP contribution in [0, 0.1) is 0 Å². The van der Waals surface area contributed by atoms with Gasteiger partial charge in [-0.05, 0) is 31.9 Å². The van der Waals surface area contributed by atoms with Gasteiger partial charge in [0, 0.05) is 20.2 Å². The number of rotatable bonds is 6. The Bertz CT molecular complexity index is 493. The summed E-state index contributed by atoms with van der Waals surface area (Å²) in [5.41, 5.74) is -0.154. The highest BCUT2D eigenvalue weighted by Crippen LogP contribution is 2.23. The lowest BCUT2D eigenvalue weighted by Crippen LogP contribution is -2.47. The van der Waals surface area contributed by atoms with Crippen LogP contribution in [0.2, 0.25) is 0 Å². The molecule has 2 heterocycles. The van der Waals surface area contributed by atoms with Gasteiger partial charge >= 0.3 is 0 Å². The van der Waals surface area contributed by atoms with E-state index in [0.717, 1.165) is 25.2 Å². The lowest BCUT2D eigenvalue weighted by molar-refractivity contribution is -0.120. The van der Waals surface area contributed by atoms with Crippen LogP contribution in [0.1, 0.15) is 25.5 Å². The third-order valence-electron chi connectivity index (χ3n) is 3.61. The van der Waals surface area contributed by atoms with E-state index < -0.39 is 0 Å². The van der Waals surface area contributed by atoms with Crippen LogP contribution in [0.25, 0.3) is 0 Å². The lowest BCUT2D eigenvalue weighted by Gasteiger charge is -2.24. The normalized spacial score (nSPS) is 21.6. The molecule has 2 rings (SSSR count). The molecule has 22 heavy (non-hydrogen) atoms. The van der Waals surface area contributed by atoms with E-state index >= 15 is 0 Å². The summed E-state index contributed by atoms with van der Waals surface area (Å²) in [6.45, 7) is 4.08. The first-order valence-corrected chi connectivity index (χ1v) is 7.49. The first kappa shape index (κ1) is 16.4. The molecule has 1 aliphatic rings. The number of nitrogens with zero attached hydrogens (tertiary/aromatic N) is 1. The minimum Gasteiger partial charge on any atom is -0.467 e. The van der Waals surface area contributed by atoms with Crippen LogP contribution in [-0.2, 0) is 16.1 Å². The van der Waals surface area contributed by atoms with Crippen LogP contribution in [-0.4, -0.2) is 44.2 Å². The molecule has 0 spiro atoms. The molecule has 0 saturated carbocycles. The molecule has 1 aromatic heterocycles. The molecule has 1 atom stereocenters. The Morgan fingerprint density at radius 2 is 2.27 bits per heavy atom. The highest BCUT2D eigenvalue weighted by atomic mass is 16.5. The zero-order valence-electron chi connectivity index (χ0n) is 13.1. The molecule has 1 aliphatic heterocycles. The fourth-order valence-electron chi connectivity index (χ4n) is 2.29. The number of nitrogens with one attached hydrogen (secondary N) is 3. The molecule has 0 aliphatic carbocycles. The van der Waals surface area contributed by atoms with Gasteiger partial charge in [-0.15, -0.1) is 0 Å². The highest BCUT2D eigenvalue weighted by Gasteiger charge is 2.29. The molecule has 0 radical (unpaired) electrons. The van der Waals surface area contributed by atoms with E-state index in [4.69, 9.17) is 9.15 Å². The van der Waals surface area contributed by atoms with Crippen molar-refractivity contribution in [3.8, 4) is 0 Å². The molecule has 7 heteroatoms. The fourth-order valence-corrected chi connectivity index (χ4v) is 2.29. The van der Waals surface area contributed by atoms with Gasteiger partial charge in [0.05, 0.1) is 25.0 Å². The molecule has 1 unspecified atom stereocenters. The Morgan fingerprint density at radius 1 is 1.41 bits per heavy atom. The average molecular weight is 308 g/mol. The van der Waals surface area contributed by atoms with Crippen molar-refractivity contribution >= 4 is 11.9 Å². The van der Waals surface area contributed by atoms with Gasteiger partial charge in [-0.25, -0.2) is 0 Å². The average Bonchev–Trinajstić information content (AvgIpc) is 3.17. The number of amides is 1. The summed E-state index contributed by atoms with van der Waals surface area (Å²) in [7, 11) is 1.67. The second-order valence-electron chi connectivity index (χ2n) is 5.54. The van der Waals surface area contributed by atoms with Crippen LogP contribution < -0.4 is 16.0 Å². The van der Waals surface area contributed by atoms with Crippen LogP contribution in [0.4, 0.5) is 0 Å². The van der Waals surface area contributed by atoms with Gasteiger partial charge < -0.3 is 25.1 Å². The largest absolute Gasteiger partial charge is 0.467 e. The Morgan fingerprint density at radius 3 is 2.91 bits per heavy atom. The molecular weight excluding hydrogens is 284 g/mol. The first-order chi connectivity index (χ1) is 10.6. The van der Waals surface area contributed by atoms with E-state index in [1.54, 1.807) is 19.4 Å². The van der Waals surface area contributed by atoms with Gasteiger partial charge in [-0.2, -0.15) is 0 Å². The first-order valence-electron chi connectivity index (χ1n) is 7.49. The summed E-state index contributed by atoms with van der Waals surface area (Å²) in [6.07, 6.45) is 3.69. The van der Waals surface area contributed by atoms with Crippen LogP contribution in [0.15, 0.2) is 27.8 Å². The summed E-state index contributed by atoms with van der Waals surface area (Å²) >= 11 is 0. The molecule has 1 amide bonds. The maximum absolute atomic E-state index is 11.8. The molecule has 0 bridgehead atoms. The maximum Gasteiger partial charge on any atom is 0.239 e. The predicted octanol–water partition coefficient (Wildman–Crippen LogP) is 0.630. The van der Waals surface area contributed by atoms with Crippen molar-refractivity contribution in [1.29, 1.82) is 0 Å². The van der Waals surface area contributed by atoms with Gasteiger partial charge in [-0.1, -0.05) is 0 Å². The van der Waals surface area contributed by atoms with E-state index in [1.807, 2.05) is 6.07 Å². The van der Waals surface area contributed by atoms with Crippen LogP contribution in [0.5, 0.6) is 0 Å². The van der Waals surface area contributed by atoms with E-state index in [-0.39, 0.29) is 18.1 Å². The summed E-state index contributed by atoms with van der Waals surface area (Å²) in [6, 6.07) is 3.60. The van der Waals surface area contributed by atoms with Gasteiger partial charge in [0.1, 0.15) is 5.76 Å². The summed E-state index contributed by atoms with van der Waals surface area (Å²) in [5, 5.41) is 8.94. The van der Waals surface area contributed by atoms with Crippen LogP contribution in [0.3, 0.4) is 0 Å². The van der Waals surface area contributed by atoms with E-state index in [1.165, 1.54) is 0 Å². The monoisotopic (exact) mass is 308 g/mol. The number of hydrogen-bond acceptors (Lipinski definition) is 4. The second-order valence-corrected chi connectivity index (χ2v) is 5.54. The third kappa shape index (κ3) is 5.07. The van der Waals surface area contributed by atoms with Crippen molar-refractivity contribution in [3.63, 3.8) is 0 Å². The SMILES string of the molecule is CN=C(NCC(=O)NCc1ccco1)NCC1(C)CCCO1. The van der Waals surface area contributed by atoms with Gasteiger partial charge in [0.2, 0.25) is 5.91 Å². The molecule has 0 aromatic carbocycles. The van der Waals surface area contributed by atoms with Crippen molar-refractivity contribution in [2.75, 3.05) is 26.7 Å². The van der Waals surface area contributed by atoms with Crippen molar-refractivity contribution < 1.29 is 13.9 Å². The Balaban J connectivity index is 1.66. The van der Waals surface area contributed by atoms with Gasteiger partial charge in [-0.3, -0.25) is 9.79 Å². The highest BCUT2D eigenvalue weighted by molar-refractivity contribution is 5.86. The quantitative estimate of drug-likeness (QED) is 0.530. The zero-order chi connectivity index (χ0) is 15.8. The number of carbonyl (C=O) groups excluding carboxylic acids is 1. The standard InChI is InChI=1S/C15H24N4O3/c1-15(6-4-8-22-15)11-19-14(16-2)18-10-13(20)17-9-12-5-3-7-21-12/h3,5,7H,4,6,8-11H2,1-2H3,(H,17,20)(H2,16,18,19). The number of hydrogen-bond donors (Lipinski definition) is 3. The second kappa shape index (κ2) is 7.84. The number of aliphatic imine (C=N–C) groups is 1. The molecule has 3 N–H and O–H groups in total. The van der Waals surface area contributed by atoms with Gasteiger partial charge in [0.15, 0.2) is 5.96 Å². The zero-order valence-corrected chi connectivity index (χ0v) is 13.1. The number of ether oxygens (including phenoxy) is 1. The van der Waals surface area contributed by atoms with E-state index in [0.29, 0.717) is 19.0 Å². The summed E-state index contributed by atoms with van der Waals surface area (Å²) < 4.78 is 10.9. The maximum atomic E-state index is 11.8.